The van der Waals surface area contributed by atoms with E-state index in [0.717, 1.165) is 30.8 Å². The van der Waals surface area contributed by atoms with E-state index < -0.39 is 0 Å². The smallest absolute Gasteiger partial charge is 0.250 e. The number of hydrogen-bond acceptors (Lipinski definition) is 4. The lowest BCUT2D eigenvalue weighted by molar-refractivity contribution is -0.123. The first kappa shape index (κ1) is 17.8. The van der Waals surface area contributed by atoms with E-state index in [4.69, 9.17) is 9.47 Å². The molecular weight excluding hydrogens is 292 g/mol. The quantitative estimate of drug-likeness (QED) is 0.800. The predicted octanol–water partition coefficient (Wildman–Crippen LogP) is 2.91. The maximum absolute atomic E-state index is 11.9. The first-order valence-corrected chi connectivity index (χ1v) is 8.42. The van der Waals surface area contributed by atoms with Crippen molar-refractivity contribution in [2.24, 2.45) is 0 Å². The van der Waals surface area contributed by atoms with Crippen molar-refractivity contribution in [3.63, 3.8) is 0 Å². The van der Waals surface area contributed by atoms with Crippen molar-refractivity contribution in [1.82, 2.24) is 4.90 Å². The number of carbonyl (C=O) groups is 1. The van der Waals surface area contributed by atoms with E-state index in [0.29, 0.717) is 6.61 Å². The Bertz CT molecular complexity index is 468. The molecule has 1 amide bonds. The molecule has 1 N–H and O–H groups in total. The summed E-state index contributed by atoms with van der Waals surface area (Å²) in [6.45, 7) is 1.65. The highest BCUT2D eigenvalue weighted by atomic mass is 16.5. The van der Waals surface area contributed by atoms with Crippen LogP contribution >= 0.6 is 0 Å². The third kappa shape index (κ3) is 7.01. The minimum absolute atomic E-state index is 0.100. The highest BCUT2D eigenvalue weighted by molar-refractivity contribution is 5.91. The third-order valence-electron chi connectivity index (χ3n) is 3.95. The molecule has 0 radical (unpaired) electrons. The molecule has 0 heterocycles. The second kappa shape index (κ2) is 9.53. The van der Waals surface area contributed by atoms with Gasteiger partial charge in [0.1, 0.15) is 19.0 Å². The highest BCUT2D eigenvalue weighted by Crippen LogP contribution is 2.20. The summed E-state index contributed by atoms with van der Waals surface area (Å²) in [6.07, 6.45) is 6.11. The number of hydrogen-bond donors (Lipinski definition) is 1. The minimum atomic E-state index is -0.100. The Kier molecular flexibility index (Phi) is 7.36. The van der Waals surface area contributed by atoms with Gasteiger partial charge in [-0.3, -0.25) is 4.79 Å². The van der Waals surface area contributed by atoms with Gasteiger partial charge in [0.15, 0.2) is 0 Å². The van der Waals surface area contributed by atoms with Crippen molar-refractivity contribution in [2.45, 2.75) is 38.2 Å². The van der Waals surface area contributed by atoms with Crippen LogP contribution in [-0.2, 0) is 9.53 Å². The van der Waals surface area contributed by atoms with Gasteiger partial charge >= 0.3 is 0 Å². The average Bonchev–Trinajstić information content (AvgIpc) is 2.55. The Morgan fingerprint density at radius 1 is 1.17 bits per heavy atom. The van der Waals surface area contributed by atoms with Gasteiger partial charge in [0.05, 0.1) is 6.10 Å². The van der Waals surface area contributed by atoms with E-state index in [1.165, 1.54) is 19.3 Å². The first-order chi connectivity index (χ1) is 11.1. The second-order valence-corrected chi connectivity index (χ2v) is 6.30. The first-order valence-electron chi connectivity index (χ1n) is 8.42. The van der Waals surface area contributed by atoms with E-state index in [1.54, 1.807) is 0 Å². The molecule has 0 saturated heterocycles. The summed E-state index contributed by atoms with van der Waals surface area (Å²) >= 11 is 0. The van der Waals surface area contributed by atoms with Gasteiger partial charge in [0, 0.05) is 12.2 Å². The van der Waals surface area contributed by atoms with Crippen LogP contribution in [0.3, 0.4) is 0 Å². The summed E-state index contributed by atoms with van der Waals surface area (Å²) in [5.74, 6) is 0.708. The van der Waals surface area contributed by atoms with E-state index in [1.807, 2.05) is 38.4 Å². The fourth-order valence-electron chi connectivity index (χ4n) is 2.60. The molecule has 5 heteroatoms. The van der Waals surface area contributed by atoms with E-state index in [9.17, 15) is 4.79 Å². The number of anilines is 1. The van der Waals surface area contributed by atoms with E-state index in [2.05, 4.69) is 10.2 Å². The Labute approximate surface area is 139 Å². The molecule has 2 rings (SSSR count). The molecule has 0 unspecified atom stereocenters. The van der Waals surface area contributed by atoms with E-state index >= 15 is 0 Å². The normalized spacial score (nSPS) is 15.6. The van der Waals surface area contributed by atoms with E-state index in [-0.39, 0.29) is 18.6 Å². The third-order valence-corrected chi connectivity index (χ3v) is 3.95. The van der Waals surface area contributed by atoms with Gasteiger partial charge in [-0.15, -0.1) is 0 Å². The zero-order valence-electron chi connectivity index (χ0n) is 14.2. The molecule has 1 aliphatic rings. The second-order valence-electron chi connectivity index (χ2n) is 6.30. The van der Waals surface area contributed by atoms with Crippen LogP contribution in [0.1, 0.15) is 32.1 Å². The Morgan fingerprint density at radius 3 is 2.52 bits per heavy atom. The monoisotopic (exact) mass is 320 g/mol. The molecule has 23 heavy (non-hydrogen) atoms. The van der Waals surface area contributed by atoms with Crippen molar-refractivity contribution < 1.29 is 14.3 Å². The van der Waals surface area contributed by atoms with Crippen LogP contribution in [0.25, 0.3) is 0 Å². The van der Waals surface area contributed by atoms with Crippen LogP contribution < -0.4 is 10.1 Å². The Balaban J connectivity index is 1.68. The minimum Gasteiger partial charge on any atom is -0.492 e. The summed E-state index contributed by atoms with van der Waals surface area (Å²) < 4.78 is 11.3. The summed E-state index contributed by atoms with van der Waals surface area (Å²) in [5, 5.41) is 2.86. The fourth-order valence-corrected chi connectivity index (χ4v) is 2.60. The van der Waals surface area contributed by atoms with Crippen LogP contribution in [-0.4, -0.2) is 50.8 Å². The molecule has 5 nitrogen and oxygen atoms in total. The van der Waals surface area contributed by atoms with Crippen molar-refractivity contribution in [2.75, 3.05) is 39.2 Å². The summed E-state index contributed by atoms with van der Waals surface area (Å²) in [5.41, 5.74) is 0.766. The lowest BCUT2D eigenvalue weighted by atomic mass is 9.98. The molecule has 1 saturated carbocycles. The lowest BCUT2D eigenvalue weighted by Gasteiger charge is -2.21. The molecule has 1 fully saturated rings. The molecule has 1 aliphatic carbocycles. The summed E-state index contributed by atoms with van der Waals surface area (Å²) in [4.78, 5) is 14.0. The van der Waals surface area contributed by atoms with Crippen LogP contribution in [0.2, 0.25) is 0 Å². The lowest BCUT2D eigenvalue weighted by Crippen LogP contribution is -2.24. The molecule has 1 aromatic rings. The van der Waals surface area contributed by atoms with Gasteiger partial charge in [-0.05, 0) is 51.2 Å². The van der Waals surface area contributed by atoms with Gasteiger partial charge in [0.2, 0.25) is 5.91 Å². The molecule has 1 aromatic carbocycles. The summed E-state index contributed by atoms with van der Waals surface area (Å²) in [6, 6.07) is 7.44. The number of rotatable bonds is 8. The topological polar surface area (TPSA) is 50.8 Å². The number of benzene rings is 1. The van der Waals surface area contributed by atoms with Crippen LogP contribution in [0.15, 0.2) is 24.3 Å². The van der Waals surface area contributed by atoms with Gasteiger partial charge in [-0.25, -0.2) is 0 Å². The van der Waals surface area contributed by atoms with Crippen molar-refractivity contribution in [3.05, 3.63) is 24.3 Å². The number of nitrogens with zero attached hydrogens (tertiary/aromatic N) is 1. The predicted molar refractivity (Wildman–Crippen MR) is 91.9 cm³/mol. The molecule has 0 aliphatic heterocycles. The number of likely N-dealkylation sites (N-methyl/N-ethyl adjacent to an activating group) is 1. The largest absolute Gasteiger partial charge is 0.492 e. The highest BCUT2D eigenvalue weighted by Gasteiger charge is 2.15. The number of nitrogens with one attached hydrogen (secondary N) is 1. The van der Waals surface area contributed by atoms with Crippen molar-refractivity contribution >= 4 is 11.6 Å². The van der Waals surface area contributed by atoms with Gasteiger partial charge in [-0.2, -0.15) is 0 Å². The zero-order valence-corrected chi connectivity index (χ0v) is 14.2. The Hall–Kier alpha value is -1.59. The molecular formula is C18H28N2O3. The van der Waals surface area contributed by atoms with Crippen LogP contribution in [0, 0.1) is 0 Å². The van der Waals surface area contributed by atoms with Gasteiger partial charge in [0.25, 0.3) is 0 Å². The Morgan fingerprint density at radius 2 is 1.87 bits per heavy atom. The molecule has 0 atom stereocenters. The zero-order chi connectivity index (χ0) is 16.5. The van der Waals surface area contributed by atoms with Crippen LogP contribution in [0.4, 0.5) is 5.69 Å². The number of carbonyl (C=O) groups excluding carboxylic acids is 1. The number of ether oxygens (including phenoxy) is 2. The fraction of sp³-hybridized carbons (Fsp3) is 0.611. The average molecular weight is 320 g/mol. The van der Waals surface area contributed by atoms with Crippen LogP contribution in [0.5, 0.6) is 5.75 Å². The molecule has 0 aromatic heterocycles. The summed E-state index contributed by atoms with van der Waals surface area (Å²) in [7, 11) is 4.02. The standard InChI is InChI=1S/C18H28N2O3/c1-20(2)12-13-22-17-10-8-15(9-11-17)19-18(21)14-23-16-6-4-3-5-7-16/h8-11,16H,3-7,12-14H2,1-2H3,(H,19,21). The van der Waals surface area contributed by atoms with Crippen molar-refractivity contribution in [3.8, 4) is 5.75 Å². The van der Waals surface area contributed by atoms with Gasteiger partial charge < -0.3 is 19.7 Å². The number of amides is 1. The van der Waals surface area contributed by atoms with Crippen molar-refractivity contribution in [1.29, 1.82) is 0 Å². The molecule has 128 valence electrons. The molecule has 0 spiro atoms. The van der Waals surface area contributed by atoms with Gasteiger partial charge in [-0.1, -0.05) is 19.3 Å². The maximum atomic E-state index is 11.9. The SMILES string of the molecule is CN(C)CCOc1ccc(NC(=O)COC2CCCCC2)cc1. The molecule has 0 bridgehead atoms. The maximum Gasteiger partial charge on any atom is 0.250 e.